The molecule has 0 saturated carbocycles. The summed E-state index contributed by atoms with van der Waals surface area (Å²) in [6.45, 7) is 6.73. The molecule has 26 heavy (non-hydrogen) atoms. The SMILES string of the molecule is Cc1cc(C)cc(CN2CCC3(CC2)c2ccccc2N(C)S3(=O)=O)c1. The van der Waals surface area contributed by atoms with Gasteiger partial charge in [0.25, 0.3) is 0 Å². The fourth-order valence-electron chi connectivity index (χ4n) is 4.68. The summed E-state index contributed by atoms with van der Waals surface area (Å²) in [5.41, 5.74) is 5.69. The smallest absolute Gasteiger partial charge is 0.245 e. The number of hydrogen-bond acceptors (Lipinski definition) is 3. The monoisotopic (exact) mass is 370 g/mol. The second-order valence-corrected chi connectivity index (χ2v) is 10.0. The molecule has 2 aromatic rings. The summed E-state index contributed by atoms with van der Waals surface area (Å²) in [6.07, 6.45) is 1.31. The fourth-order valence-corrected chi connectivity index (χ4v) is 6.77. The quantitative estimate of drug-likeness (QED) is 0.811. The lowest BCUT2D eigenvalue weighted by Crippen LogP contribution is -2.47. The lowest BCUT2D eigenvalue weighted by molar-refractivity contribution is 0.189. The minimum absolute atomic E-state index is 0.654. The normalized spacial score (nSPS) is 21.1. The van der Waals surface area contributed by atoms with E-state index in [9.17, 15) is 8.42 Å². The van der Waals surface area contributed by atoms with Crippen LogP contribution in [0.4, 0.5) is 5.69 Å². The Balaban J connectivity index is 1.58. The topological polar surface area (TPSA) is 40.6 Å². The van der Waals surface area contributed by atoms with Crippen molar-refractivity contribution in [2.24, 2.45) is 0 Å². The van der Waals surface area contributed by atoms with Crippen LogP contribution in [0.25, 0.3) is 0 Å². The van der Waals surface area contributed by atoms with E-state index in [-0.39, 0.29) is 0 Å². The highest BCUT2D eigenvalue weighted by atomic mass is 32.2. The highest BCUT2D eigenvalue weighted by Crippen LogP contribution is 2.51. The van der Waals surface area contributed by atoms with Crippen LogP contribution in [0.2, 0.25) is 0 Å². The number of benzene rings is 2. The summed E-state index contributed by atoms with van der Waals surface area (Å²) in [6, 6.07) is 14.4. The second-order valence-electron chi connectivity index (χ2n) is 7.76. The van der Waals surface area contributed by atoms with E-state index in [2.05, 4.69) is 36.9 Å². The number of sulfonamides is 1. The molecule has 5 heteroatoms. The number of likely N-dealkylation sites (tertiary alicyclic amines) is 1. The molecule has 0 N–H and O–H groups in total. The predicted molar refractivity (Wildman–Crippen MR) is 106 cm³/mol. The van der Waals surface area contributed by atoms with Crippen molar-refractivity contribution in [3.63, 3.8) is 0 Å². The molecule has 2 aliphatic rings. The van der Waals surface area contributed by atoms with Gasteiger partial charge >= 0.3 is 0 Å². The van der Waals surface area contributed by atoms with Crippen molar-refractivity contribution in [1.29, 1.82) is 0 Å². The van der Waals surface area contributed by atoms with Crippen molar-refractivity contribution in [1.82, 2.24) is 4.90 Å². The van der Waals surface area contributed by atoms with Crippen LogP contribution >= 0.6 is 0 Å². The zero-order chi connectivity index (χ0) is 18.5. The van der Waals surface area contributed by atoms with Gasteiger partial charge in [0.2, 0.25) is 10.0 Å². The van der Waals surface area contributed by atoms with E-state index in [1.165, 1.54) is 21.0 Å². The fraction of sp³-hybridized carbons (Fsp3) is 0.429. The maximum Gasteiger partial charge on any atom is 0.245 e. The Hall–Kier alpha value is -1.85. The first kappa shape index (κ1) is 17.6. The highest BCUT2D eigenvalue weighted by Gasteiger charge is 2.55. The Kier molecular flexibility index (Phi) is 4.12. The molecule has 1 spiro atoms. The zero-order valence-electron chi connectivity index (χ0n) is 15.7. The summed E-state index contributed by atoms with van der Waals surface area (Å²) < 4.78 is 27.1. The van der Waals surface area contributed by atoms with E-state index in [1.807, 2.05) is 24.3 Å². The molecule has 138 valence electrons. The van der Waals surface area contributed by atoms with Crippen LogP contribution in [-0.4, -0.2) is 33.5 Å². The summed E-state index contributed by atoms with van der Waals surface area (Å²) >= 11 is 0. The predicted octanol–water partition coefficient (Wildman–Crippen LogP) is 3.57. The lowest BCUT2D eigenvalue weighted by Gasteiger charge is -2.38. The molecule has 4 nitrogen and oxygen atoms in total. The molecule has 1 fully saturated rings. The van der Waals surface area contributed by atoms with Gasteiger partial charge in [-0.25, -0.2) is 8.42 Å². The minimum Gasteiger partial charge on any atom is -0.299 e. The second kappa shape index (κ2) is 6.10. The van der Waals surface area contributed by atoms with Crippen LogP contribution in [0.3, 0.4) is 0 Å². The van der Waals surface area contributed by atoms with E-state index in [0.717, 1.165) is 30.9 Å². The number of rotatable bonds is 2. The third-order valence-electron chi connectivity index (χ3n) is 5.94. The van der Waals surface area contributed by atoms with Gasteiger partial charge < -0.3 is 0 Å². The third kappa shape index (κ3) is 2.57. The van der Waals surface area contributed by atoms with E-state index in [1.54, 1.807) is 7.05 Å². The molecule has 4 rings (SSSR count). The Morgan fingerprint density at radius 2 is 1.62 bits per heavy atom. The van der Waals surface area contributed by atoms with Gasteiger partial charge in [-0.1, -0.05) is 47.5 Å². The largest absolute Gasteiger partial charge is 0.299 e. The number of para-hydroxylation sites is 1. The van der Waals surface area contributed by atoms with Gasteiger partial charge in [-0.3, -0.25) is 9.21 Å². The molecular weight excluding hydrogens is 344 g/mol. The van der Waals surface area contributed by atoms with Crippen LogP contribution in [0, 0.1) is 13.8 Å². The Labute approximate surface area is 156 Å². The first-order chi connectivity index (χ1) is 12.3. The van der Waals surface area contributed by atoms with Crippen LogP contribution in [-0.2, 0) is 21.3 Å². The zero-order valence-corrected chi connectivity index (χ0v) is 16.5. The molecule has 0 amide bonds. The number of piperidine rings is 1. The van der Waals surface area contributed by atoms with Gasteiger partial charge in [0, 0.05) is 26.7 Å². The maximum atomic E-state index is 13.2. The van der Waals surface area contributed by atoms with Crippen LogP contribution in [0.15, 0.2) is 42.5 Å². The van der Waals surface area contributed by atoms with Gasteiger partial charge in [-0.05, 0) is 43.9 Å². The Morgan fingerprint density at radius 3 is 2.27 bits per heavy atom. The average molecular weight is 371 g/mol. The average Bonchev–Trinajstić information content (AvgIpc) is 2.75. The van der Waals surface area contributed by atoms with Crippen molar-refractivity contribution in [2.75, 3.05) is 24.4 Å². The van der Waals surface area contributed by atoms with Crippen LogP contribution in [0.5, 0.6) is 0 Å². The van der Waals surface area contributed by atoms with Crippen LogP contribution in [0.1, 0.15) is 35.1 Å². The molecule has 0 radical (unpaired) electrons. The maximum absolute atomic E-state index is 13.2. The van der Waals surface area contributed by atoms with Gasteiger partial charge in [0.15, 0.2) is 0 Å². The van der Waals surface area contributed by atoms with Gasteiger partial charge in [-0.2, -0.15) is 0 Å². The van der Waals surface area contributed by atoms with Gasteiger partial charge in [-0.15, -0.1) is 0 Å². The molecule has 2 heterocycles. The lowest BCUT2D eigenvalue weighted by atomic mass is 9.87. The van der Waals surface area contributed by atoms with Crippen molar-refractivity contribution >= 4 is 15.7 Å². The molecular formula is C21H26N2O2S. The summed E-state index contributed by atoms with van der Waals surface area (Å²) in [5, 5.41) is 0. The number of hydrogen-bond donors (Lipinski definition) is 0. The third-order valence-corrected chi connectivity index (χ3v) is 8.47. The van der Waals surface area contributed by atoms with Crippen molar-refractivity contribution in [2.45, 2.75) is 38.0 Å². The molecule has 0 aliphatic carbocycles. The number of anilines is 1. The molecule has 1 saturated heterocycles. The first-order valence-corrected chi connectivity index (χ1v) is 10.6. The van der Waals surface area contributed by atoms with Crippen molar-refractivity contribution < 1.29 is 8.42 Å². The summed E-state index contributed by atoms with van der Waals surface area (Å²) in [5.74, 6) is 0. The van der Waals surface area contributed by atoms with Crippen LogP contribution < -0.4 is 4.31 Å². The summed E-state index contributed by atoms with van der Waals surface area (Å²) in [7, 11) is -1.67. The van der Waals surface area contributed by atoms with Crippen molar-refractivity contribution in [3.05, 3.63) is 64.7 Å². The molecule has 2 aromatic carbocycles. The molecule has 2 aliphatic heterocycles. The first-order valence-electron chi connectivity index (χ1n) is 9.21. The molecule has 0 unspecified atom stereocenters. The number of aryl methyl sites for hydroxylation is 2. The van der Waals surface area contributed by atoms with Gasteiger partial charge in [0.05, 0.1) is 5.69 Å². The Morgan fingerprint density at radius 1 is 1.00 bits per heavy atom. The van der Waals surface area contributed by atoms with E-state index < -0.39 is 14.8 Å². The van der Waals surface area contributed by atoms with E-state index in [4.69, 9.17) is 0 Å². The Bertz CT molecular complexity index is 924. The molecule has 0 bridgehead atoms. The van der Waals surface area contributed by atoms with E-state index >= 15 is 0 Å². The van der Waals surface area contributed by atoms with Gasteiger partial charge in [0.1, 0.15) is 4.75 Å². The number of fused-ring (bicyclic) bond motifs is 2. The standard InChI is InChI=1S/C21H26N2O2S/c1-16-12-17(2)14-18(13-16)15-23-10-8-21(9-11-23)19-6-4-5-7-20(19)22(3)26(21,24)25/h4-7,12-14H,8-11,15H2,1-3H3. The summed E-state index contributed by atoms with van der Waals surface area (Å²) in [4.78, 5) is 2.38. The van der Waals surface area contributed by atoms with E-state index in [0.29, 0.717) is 12.8 Å². The minimum atomic E-state index is -3.35. The molecule has 0 atom stereocenters. The molecule has 0 aromatic heterocycles. The number of nitrogens with zero attached hydrogens (tertiary/aromatic N) is 2. The van der Waals surface area contributed by atoms with Crippen molar-refractivity contribution in [3.8, 4) is 0 Å². The highest BCUT2D eigenvalue weighted by molar-refractivity contribution is 7.94.